The van der Waals surface area contributed by atoms with E-state index in [-0.39, 0.29) is 19.3 Å². The molecule has 0 N–H and O–H groups in total. The number of carbonyl (C=O) groups is 1. The van der Waals surface area contributed by atoms with E-state index in [2.05, 4.69) is 45.9 Å². The van der Waals surface area contributed by atoms with E-state index in [1.54, 1.807) is 35.0 Å². The zero-order valence-corrected chi connectivity index (χ0v) is 34.8. The van der Waals surface area contributed by atoms with Gasteiger partial charge < -0.3 is 28.6 Å². The maximum Gasteiger partial charge on any atom is 0.337 e. The number of aromatic nitrogens is 4. The highest BCUT2D eigenvalue weighted by molar-refractivity contribution is 6.76. The number of hydrogen-bond donors (Lipinski definition) is 0. The highest BCUT2D eigenvalue weighted by Gasteiger charge is 2.28. The van der Waals surface area contributed by atoms with Crippen molar-refractivity contribution in [2.75, 3.05) is 45.3 Å². The molecule has 0 saturated carbocycles. The average molecular weight is 768 g/mol. The molecule has 0 amide bonds. The Bertz CT molecular complexity index is 1990. The number of esters is 1. The molecule has 3 aromatic heterocycles. The summed E-state index contributed by atoms with van der Waals surface area (Å²) in [5, 5.41) is 4.91. The molecule has 0 unspecified atom stereocenters. The number of anilines is 1. The highest BCUT2D eigenvalue weighted by Crippen LogP contribution is 2.39. The summed E-state index contributed by atoms with van der Waals surface area (Å²) in [7, 11) is -1.36. The average Bonchev–Trinajstić information content (AvgIpc) is 3.57. The van der Waals surface area contributed by atoms with Gasteiger partial charge in [-0.2, -0.15) is 14.6 Å². The molecule has 0 bridgehead atoms. The molecule has 5 aromatic rings. The molecule has 3 heterocycles. The normalized spacial score (nSPS) is 11.8. The van der Waals surface area contributed by atoms with Crippen LogP contribution in [0.1, 0.15) is 22.8 Å². The summed E-state index contributed by atoms with van der Waals surface area (Å²) in [5.74, 6) is 1.20. The summed E-state index contributed by atoms with van der Waals surface area (Å²) in [6.45, 7) is 22.2. The fourth-order valence-electron chi connectivity index (χ4n) is 5.51. The second-order valence-corrected chi connectivity index (χ2v) is 26.7. The fraction of sp³-hybridized carbons (Fsp3) is 0.366. The van der Waals surface area contributed by atoms with Crippen molar-refractivity contribution in [3.05, 3.63) is 96.8 Å². The topological polar surface area (TPSA) is 110 Å². The first-order chi connectivity index (χ1) is 25.8. The fourth-order valence-corrected chi connectivity index (χ4v) is 7.02. The van der Waals surface area contributed by atoms with E-state index in [1.807, 2.05) is 60.5 Å². The Labute approximate surface area is 320 Å². The van der Waals surface area contributed by atoms with Crippen LogP contribution >= 0.6 is 0 Å². The van der Waals surface area contributed by atoms with Gasteiger partial charge in [0.2, 0.25) is 5.88 Å². The maximum absolute atomic E-state index is 12.2. The number of pyridine rings is 1. The minimum atomic E-state index is -1.36. The van der Waals surface area contributed by atoms with Crippen molar-refractivity contribution in [1.29, 1.82) is 0 Å². The first-order valence-corrected chi connectivity index (χ1v) is 25.7. The number of ether oxygens (including phenoxy) is 5. The minimum absolute atomic E-state index is 0.221. The van der Waals surface area contributed by atoms with E-state index >= 15 is 0 Å². The molecule has 2 aromatic carbocycles. The van der Waals surface area contributed by atoms with Gasteiger partial charge in [0.1, 0.15) is 30.5 Å². The van der Waals surface area contributed by atoms with Gasteiger partial charge in [-0.1, -0.05) is 82.3 Å². The lowest BCUT2D eigenvalue weighted by Gasteiger charge is -2.29. The van der Waals surface area contributed by atoms with Gasteiger partial charge in [0.15, 0.2) is 11.5 Å². The second-order valence-electron chi connectivity index (χ2n) is 15.4. The van der Waals surface area contributed by atoms with Gasteiger partial charge in [0.25, 0.3) is 0 Å². The number of nitrogens with zero attached hydrogens (tertiary/aromatic N) is 5. The van der Waals surface area contributed by atoms with E-state index in [4.69, 9.17) is 38.8 Å². The molecule has 0 aliphatic rings. The summed E-state index contributed by atoms with van der Waals surface area (Å²) in [6.07, 6.45) is 3.61. The Kier molecular flexibility index (Phi) is 13.5. The van der Waals surface area contributed by atoms with Gasteiger partial charge in [-0.15, -0.1) is 0 Å². The van der Waals surface area contributed by atoms with Gasteiger partial charge in [-0.3, -0.25) is 4.98 Å². The van der Waals surface area contributed by atoms with E-state index in [0.29, 0.717) is 53.9 Å². The number of rotatable bonds is 19. The molecule has 0 aliphatic heterocycles. The monoisotopic (exact) mass is 767 g/mol. The SMILES string of the molecule is C=C(OCC)c1c(Oc2ccc(C(=O)OC)cc2)nc2c(-c3ccc(-c4ccccc4)nc3)cnn2c1N(COCC[Si](C)(C)C)COCC[Si](C)(C)C. The molecule has 13 heteroatoms. The van der Waals surface area contributed by atoms with Crippen LogP contribution in [-0.4, -0.2) is 82.1 Å². The van der Waals surface area contributed by atoms with Crippen LogP contribution in [0.5, 0.6) is 11.6 Å². The third-order valence-electron chi connectivity index (χ3n) is 8.61. The first-order valence-electron chi connectivity index (χ1n) is 18.3. The Morgan fingerprint density at radius 2 is 1.48 bits per heavy atom. The van der Waals surface area contributed by atoms with Gasteiger partial charge in [0, 0.05) is 52.2 Å². The van der Waals surface area contributed by atoms with Crippen molar-refractivity contribution in [1.82, 2.24) is 19.6 Å². The second kappa shape index (κ2) is 18.0. The number of fused-ring (bicyclic) bond motifs is 1. The Morgan fingerprint density at radius 3 is 2.04 bits per heavy atom. The third kappa shape index (κ3) is 10.7. The zero-order chi connectivity index (χ0) is 38.9. The van der Waals surface area contributed by atoms with Crippen molar-refractivity contribution in [2.24, 2.45) is 0 Å². The molecule has 0 aliphatic carbocycles. The van der Waals surface area contributed by atoms with Crippen LogP contribution in [0.4, 0.5) is 5.82 Å². The summed E-state index contributed by atoms with van der Waals surface area (Å²) in [4.78, 5) is 24.1. The van der Waals surface area contributed by atoms with Crippen LogP contribution in [0, 0.1) is 0 Å². The molecule has 11 nitrogen and oxygen atoms in total. The standard InChI is InChI=1S/C41H53N5O6Si2/c1-10-51-30(2)37-39(52-34-19-16-32(17-20-34)41(47)48-3)44-38-35(33-18-21-36(42-26-33)31-14-12-11-13-15-31)27-43-46(38)40(37)45(28-49-22-24-53(4,5)6)29-50-23-25-54(7,8)9/h11-21,26-27H,2,10,22-25,28-29H2,1,3-9H3. The molecule has 0 fully saturated rings. The zero-order valence-electron chi connectivity index (χ0n) is 32.8. The van der Waals surface area contributed by atoms with Crippen LogP contribution in [0.2, 0.25) is 51.4 Å². The van der Waals surface area contributed by atoms with Gasteiger partial charge in [-0.05, 0) is 49.3 Å². The van der Waals surface area contributed by atoms with E-state index in [9.17, 15) is 4.79 Å². The smallest absolute Gasteiger partial charge is 0.337 e. The Balaban J connectivity index is 1.67. The summed E-state index contributed by atoms with van der Waals surface area (Å²) < 4.78 is 32.1. The lowest BCUT2D eigenvalue weighted by Crippen LogP contribution is -2.34. The molecular weight excluding hydrogens is 715 g/mol. The summed E-state index contributed by atoms with van der Waals surface area (Å²) in [5.41, 5.74) is 4.89. The molecule has 0 atom stereocenters. The lowest BCUT2D eigenvalue weighted by molar-refractivity contribution is 0.0600. The molecule has 286 valence electrons. The summed E-state index contributed by atoms with van der Waals surface area (Å²) >= 11 is 0. The van der Waals surface area contributed by atoms with E-state index < -0.39 is 22.1 Å². The number of benzene rings is 2. The van der Waals surface area contributed by atoms with E-state index in [0.717, 1.165) is 34.5 Å². The number of hydrogen-bond acceptors (Lipinski definition) is 10. The van der Waals surface area contributed by atoms with Gasteiger partial charge >= 0.3 is 5.97 Å². The van der Waals surface area contributed by atoms with Gasteiger partial charge in [-0.25, -0.2) is 4.79 Å². The van der Waals surface area contributed by atoms with Crippen LogP contribution in [0.3, 0.4) is 0 Å². The molecule has 54 heavy (non-hydrogen) atoms. The predicted octanol–water partition coefficient (Wildman–Crippen LogP) is 9.48. The maximum atomic E-state index is 12.2. The molecule has 0 saturated heterocycles. The van der Waals surface area contributed by atoms with Crippen LogP contribution in [0.25, 0.3) is 33.8 Å². The van der Waals surface area contributed by atoms with Gasteiger partial charge in [0.05, 0.1) is 31.2 Å². The quantitative estimate of drug-likeness (QED) is 0.0265. The van der Waals surface area contributed by atoms with Crippen LogP contribution in [0.15, 0.2) is 85.7 Å². The number of methoxy groups -OCH3 is 1. The molecule has 5 rings (SSSR count). The van der Waals surface area contributed by atoms with Crippen molar-refractivity contribution in [3.63, 3.8) is 0 Å². The van der Waals surface area contributed by atoms with Crippen molar-refractivity contribution in [2.45, 2.75) is 58.3 Å². The Hall–Kier alpha value is -4.83. The highest BCUT2D eigenvalue weighted by atomic mass is 28.3. The van der Waals surface area contributed by atoms with Crippen molar-refractivity contribution < 1.29 is 28.5 Å². The van der Waals surface area contributed by atoms with Crippen molar-refractivity contribution in [3.8, 4) is 34.0 Å². The van der Waals surface area contributed by atoms with E-state index in [1.165, 1.54) is 7.11 Å². The lowest BCUT2D eigenvalue weighted by atomic mass is 10.1. The third-order valence-corrected chi connectivity index (χ3v) is 12.0. The van der Waals surface area contributed by atoms with Crippen LogP contribution in [-0.2, 0) is 18.9 Å². The number of carbonyl (C=O) groups excluding carboxylic acids is 1. The predicted molar refractivity (Wildman–Crippen MR) is 221 cm³/mol. The Morgan fingerprint density at radius 1 is 0.833 bits per heavy atom. The van der Waals surface area contributed by atoms with Crippen molar-refractivity contribution >= 4 is 39.3 Å². The molecule has 0 spiro atoms. The molecular formula is C41H53N5O6Si2. The molecule has 0 radical (unpaired) electrons. The first kappa shape index (κ1) is 40.4. The van der Waals surface area contributed by atoms with Crippen LogP contribution < -0.4 is 9.64 Å². The summed E-state index contributed by atoms with van der Waals surface area (Å²) in [6, 6.07) is 22.8. The minimum Gasteiger partial charge on any atom is -0.494 e. The largest absolute Gasteiger partial charge is 0.494 e.